The van der Waals surface area contributed by atoms with Gasteiger partial charge >= 0.3 is 0 Å². The number of fused-ring (bicyclic) bond motifs is 3. The lowest BCUT2D eigenvalue weighted by atomic mass is 9.56. The van der Waals surface area contributed by atoms with Crippen molar-refractivity contribution in [2.75, 3.05) is 0 Å². The Morgan fingerprint density at radius 1 is 0.842 bits per heavy atom. The average Bonchev–Trinajstić information content (AvgIpc) is 2.44. The van der Waals surface area contributed by atoms with Crippen molar-refractivity contribution in [2.24, 2.45) is 29.6 Å². The topological polar surface area (TPSA) is 0 Å². The highest BCUT2D eigenvalue weighted by Gasteiger charge is 2.43. The van der Waals surface area contributed by atoms with Gasteiger partial charge < -0.3 is 0 Å². The van der Waals surface area contributed by atoms with Crippen LogP contribution in [-0.2, 0) is 0 Å². The van der Waals surface area contributed by atoms with Crippen LogP contribution in [0.15, 0.2) is 0 Å². The van der Waals surface area contributed by atoms with Crippen LogP contribution in [0.3, 0.4) is 0 Å². The Hall–Kier alpha value is 0.480. The molecule has 0 saturated heterocycles. The molecule has 110 valence electrons. The molecule has 0 nitrogen and oxygen atoms in total. The molecule has 3 aliphatic carbocycles. The molecule has 6 unspecified atom stereocenters. The lowest BCUT2D eigenvalue weighted by molar-refractivity contribution is 0.0120. The lowest BCUT2D eigenvalue weighted by Gasteiger charge is -2.50. The van der Waals surface area contributed by atoms with Gasteiger partial charge in [0.05, 0.1) is 0 Å². The predicted molar refractivity (Wildman–Crippen MR) is 86.6 cm³/mol. The Bertz CT molecular complexity index is 287. The highest BCUT2D eigenvalue weighted by atomic mass is 79.9. The summed E-state index contributed by atoms with van der Waals surface area (Å²) in [5.41, 5.74) is 0. The summed E-state index contributed by atoms with van der Waals surface area (Å²) in [7, 11) is 0. The molecule has 0 aromatic heterocycles. The number of rotatable bonds is 3. The fraction of sp³-hybridized carbons (Fsp3) is 1.00. The van der Waals surface area contributed by atoms with Crippen LogP contribution < -0.4 is 0 Å². The smallest absolute Gasteiger partial charge is 0.0148 e. The van der Waals surface area contributed by atoms with Crippen molar-refractivity contribution in [1.82, 2.24) is 0 Å². The van der Waals surface area contributed by atoms with Gasteiger partial charge in [0.2, 0.25) is 0 Å². The fourth-order valence-electron chi connectivity index (χ4n) is 5.59. The van der Waals surface area contributed by atoms with Gasteiger partial charge in [-0.05, 0) is 74.5 Å². The number of halogens is 1. The highest BCUT2D eigenvalue weighted by molar-refractivity contribution is 9.09. The van der Waals surface area contributed by atoms with E-state index in [-0.39, 0.29) is 0 Å². The molecule has 0 bridgehead atoms. The molecule has 0 aliphatic heterocycles. The van der Waals surface area contributed by atoms with E-state index in [1.54, 1.807) is 32.1 Å². The molecular formula is C18H31Br. The largest absolute Gasteiger partial charge is 0.0891 e. The first-order chi connectivity index (χ1) is 9.28. The summed E-state index contributed by atoms with van der Waals surface area (Å²) in [6, 6.07) is 0. The third-order valence-electron chi connectivity index (χ3n) is 6.55. The second-order valence-electron chi connectivity index (χ2n) is 7.66. The third kappa shape index (κ3) is 3.22. The summed E-state index contributed by atoms with van der Waals surface area (Å²) in [5, 5.41) is 0. The van der Waals surface area contributed by atoms with Crippen LogP contribution in [0.1, 0.15) is 77.6 Å². The summed E-state index contributed by atoms with van der Waals surface area (Å²) in [5.74, 6) is 5.51. The van der Waals surface area contributed by atoms with E-state index in [4.69, 9.17) is 0 Å². The van der Waals surface area contributed by atoms with Gasteiger partial charge in [0.25, 0.3) is 0 Å². The minimum atomic E-state index is 0.839. The predicted octanol–water partition coefficient (Wildman–Crippen LogP) is 6.18. The van der Waals surface area contributed by atoms with E-state index >= 15 is 0 Å². The monoisotopic (exact) mass is 326 g/mol. The zero-order valence-electron chi connectivity index (χ0n) is 12.6. The molecule has 0 heterocycles. The number of alkyl halides is 1. The SMILES string of the molecule is CCCCC1CCC2C(CCC3CC(Br)CCC32)C1. The Morgan fingerprint density at radius 2 is 1.53 bits per heavy atom. The van der Waals surface area contributed by atoms with E-state index in [1.807, 2.05) is 0 Å². The zero-order chi connectivity index (χ0) is 13.2. The normalized spacial score (nSPS) is 46.4. The van der Waals surface area contributed by atoms with Crippen LogP contribution in [0, 0.1) is 29.6 Å². The lowest BCUT2D eigenvalue weighted by Crippen LogP contribution is -2.41. The van der Waals surface area contributed by atoms with Gasteiger partial charge in [-0.2, -0.15) is 0 Å². The van der Waals surface area contributed by atoms with Crippen LogP contribution in [-0.4, -0.2) is 4.83 Å². The maximum absolute atomic E-state index is 3.88. The average molecular weight is 327 g/mol. The maximum atomic E-state index is 3.88. The van der Waals surface area contributed by atoms with Gasteiger partial charge in [-0.15, -0.1) is 0 Å². The summed E-state index contributed by atoms with van der Waals surface area (Å²) in [6.07, 6.45) is 16.7. The number of unbranched alkanes of at least 4 members (excludes halogenated alkanes) is 1. The molecule has 6 atom stereocenters. The van der Waals surface area contributed by atoms with E-state index in [0.717, 1.165) is 34.4 Å². The molecule has 1 heteroatoms. The Morgan fingerprint density at radius 3 is 2.26 bits per heavy atom. The summed E-state index contributed by atoms with van der Waals surface area (Å²) in [4.78, 5) is 0.839. The van der Waals surface area contributed by atoms with Crippen LogP contribution in [0.5, 0.6) is 0 Å². The van der Waals surface area contributed by atoms with Crippen molar-refractivity contribution in [3.8, 4) is 0 Å². The Labute approximate surface area is 128 Å². The molecule has 19 heavy (non-hydrogen) atoms. The molecule has 0 radical (unpaired) electrons. The van der Waals surface area contributed by atoms with Crippen LogP contribution in [0.25, 0.3) is 0 Å². The first kappa shape index (κ1) is 14.4. The zero-order valence-corrected chi connectivity index (χ0v) is 14.2. The molecule has 3 fully saturated rings. The Balaban J connectivity index is 1.58. The van der Waals surface area contributed by atoms with Gasteiger partial charge in [-0.3, -0.25) is 0 Å². The Kier molecular flexibility index (Phi) is 4.93. The molecule has 0 aromatic rings. The number of hydrogen-bond acceptors (Lipinski definition) is 0. The molecule has 3 rings (SSSR count). The first-order valence-electron chi connectivity index (χ1n) is 8.92. The van der Waals surface area contributed by atoms with Crippen LogP contribution in [0.4, 0.5) is 0 Å². The summed E-state index contributed by atoms with van der Waals surface area (Å²) in [6.45, 7) is 2.34. The van der Waals surface area contributed by atoms with Crippen molar-refractivity contribution < 1.29 is 0 Å². The second-order valence-corrected chi connectivity index (χ2v) is 8.95. The maximum Gasteiger partial charge on any atom is 0.0148 e. The standard InChI is InChI=1S/C18H31Br/c1-2-3-4-13-5-9-17-14(11-13)6-7-15-12-16(19)8-10-18(15)17/h13-18H,2-12H2,1H3. The quantitative estimate of drug-likeness (QED) is 0.543. The van der Waals surface area contributed by atoms with Gasteiger partial charge in [0.1, 0.15) is 0 Å². The summed E-state index contributed by atoms with van der Waals surface area (Å²) < 4.78 is 0. The fourth-order valence-corrected chi connectivity index (χ4v) is 6.33. The minimum Gasteiger partial charge on any atom is -0.0891 e. The molecule has 0 spiro atoms. The van der Waals surface area contributed by atoms with Gasteiger partial charge in [-0.25, -0.2) is 0 Å². The van der Waals surface area contributed by atoms with E-state index in [1.165, 1.54) is 38.5 Å². The van der Waals surface area contributed by atoms with Crippen molar-refractivity contribution in [3.63, 3.8) is 0 Å². The van der Waals surface area contributed by atoms with Crippen LogP contribution >= 0.6 is 15.9 Å². The minimum absolute atomic E-state index is 0.839. The van der Waals surface area contributed by atoms with Crippen molar-refractivity contribution in [3.05, 3.63) is 0 Å². The molecular weight excluding hydrogens is 296 g/mol. The van der Waals surface area contributed by atoms with Crippen molar-refractivity contribution in [1.29, 1.82) is 0 Å². The van der Waals surface area contributed by atoms with E-state index < -0.39 is 0 Å². The molecule has 0 N–H and O–H groups in total. The van der Waals surface area contributed by atoms with Crippen LogP contribution in [0.2, 0.25) is 0 Å². The third-order valence-corrected chi connectivity index (χ3v) is 7.38. The van der Waals surface area contributed by atoms with Gasteiger partial charge in [0, 0.05) is 4.83 Å². The van der Waals surface area contributed by atoms with E-state index in [2.05, 4.69) is 22.9 Å². The molecule has 3 saturated carbocycles. The molecule has 3 aliphatic rings. The van der Waals surface area contributed by atoms with Gasteiger partial charge in [0.15, 0.2) is 0 Å². The number of hydrogen-bond donors (Lipinski definition) is 0. The molecule has 0 amide bonds. The molecule has 0 aromatic carbocycles. The van der Waals surface area contributed by atoms with E-state index in [9.17, 15) is 0 Å². The highest BCUT2D eigenvalue weighted by Crippen LogP contribution is 2.53. The first-order valence-corrected chi connectivity index (χ1v) is 9.83. The van der Waals surface area contributed by atoms with Crippen molar-refractivity contribution in [2.45, 2.75) is 82.4 Å². The second kappa shape index (κ2) is 6.50. The van der Waals surface area contributed by atoms with Crippen molar-refractivity contribution >= 4 is 15.9 Å². The summed E-state index contributed by atoms with van der Waals surface area (Å²) >= 11 is 3.88. The van der Waals surface area contributed by atoms with Gasteiger partial charge in [-0.1, -0.05) is 48.5 Å². The van der Waals surface area contributed by atoms with E-state index in [0.29, 0.717) is 0 Å².